The number of alkyl halides is 1. The molecule has 1 N–H and O–H groups in total. The zero-order valence-corrected chi connectivity index (χ0v) is 11.8. The first-order valence-corrected chi connectivity index (χ1v) is 6.16. The van der Waals surface area contributed by atoms with Crippen molar-refractivity contribution in [3.05, 3.63) is 17.7 Å². The maximum atomic E-state index is 11.8. The van der Waals surface area contributed by atoms with Crippen molar-refractivity contribution in [2.75, 3.05) is 25.4 Å². The van der Waals surface area contributed by atoms with Crippen molar-refractivity contribution in [3.63, 3.8) is 0 Å². The van der Waals surface area contributed by atoms with E-state index in [1.807, 2.05) is 13.0 Å². The highest BCUT2D eigenvalue weighted by molar-refractivity contribution is 6.19. The topological polar surface area (TPSA) is 47.6 Å². The molecular weight excluding hydrogens is 254 g/mol. The summed E-state index contributed by atoms with van der Waals surface area (Å²) in [4.78, 5) is 11.8. The number of amides is 1. The summed E-state index contributed by atoms with van der Waals surface area (Å²) in [6.45, 7) is 3.67. The Morgan fingerprint density at radius 3 is 2.39 bits per heavy atom. The van der Waals surface area contributed by atoms with Crippen LogP contribution in [0.5, 0.6) is 11.5 Å². The Morgan fingerprint density at radius 1 is 1.33 bits per heavy atom. The number of nitrogens with one attached hydrogen (secondary N) is 1. The van der Waals surface area contributed by atoms with Crippen LogP contribution in [-0.2, 0) is 4.79 Å². The number of hydrogen-bond donors (Lipinski definition) is 1. The van der Waals surface area contributed by atoms with Crippen LogP contribution in [0.15, 0.2) is 12.1 Å². The average Bonchev–Trinajstić information content (AvgIpc) is 2.39. The van der Waals surface area contributed by atoms with Crippen LogP contribution in [0.1, 0.15) is 12.5 Å². The van der Waals surface area contributed by atoms with Gasteiger partial charge in [0.2, 0.25) is 5.91 Å². The summed E-state index contributed by atoms with van der Waals surface area (Å²) < 4.78 is 10.4. The van der Waals surface area contributed by atoms with E-state index in [-0.39, 0.29) is 17.7 Å². The Kier molecular flexibility index (Phi) is 5.28. The molecule has 1 atom stereocenters. The molecule has 0 radical (unpaired) electrons. The number of ether oxygens (including phenoxy) is 2. The number of methoxy groups -OCH3 is 2. The van der Waals surface area contributed by atoms with Crippen molar-refractivity contribution in [3.8, 4) is 11.5 Å². The predicted octanol–water partition coefficient (Wildman–Crippen LogP) is 2.83. The Bertz CT molecular complexity index is 434. The lowest BCUT2D eigenvalue weighted by atomic mass is 10.1. The first-order chi connectivity index (χ1) is 8.53. The van der Waals surface area contributed by atoms with Crippen LogP contribution in [-0.4, -0.2) is 26.0 Å². The van der Waals surface area contributed by atoms with E-state index in [0.29, 0.717) is 17.2 Å². The maximum absolute atomic E-state index is 11.8. The van der Waals surface area contributed by atoms with Gasteiger partial charge in [0.1, 0.15) is 0 Å². The van der Waals surface area contributed by atoms with Gasteiger partial charge in [0, 0.05) is 23.6 Å². The Hall–Kier alpha value is -1.42. The van der Waals surface area contributed by atoms with Crippen molar-refractivity contribution in [2.24, 2.45) is 5.92 Å². The predicted molar refractivity (Wildman–Crippen MR) is 72.8 cm³/mol. The monoisotopic (exact) mass is 271 g/mol. The summed E-state index contributed by atoms with van der Waals surface area (Å²) in [5.41, 5.74) is 1.61. The van der Waals surface area contributed by atoms with Crippen molar-refractivity contribution in [1.82, 2.24) is 0 Å². The van der Waals surface area contributed by atoms with Crippen molar-refractivity contribution < 1.29 is 14.3 Å². The van der Waals surface area contributed by atoms with E-state index in [0.717, 1.165) is 5.56 Å². The highest BCUT2D eigenvalue weighted by atomic mass is 35.5. The van der Waals surface area contributed by atoms with E-state index in [1.165, 1.54) is 0 Å². The van der Waals surface area contributed by atoms with E-state index in [2.05, 4.69) is 5.32 Å². The molecule has 0 saturated heterocycles. The number of benzene rings is 1. The molecule has 0 bridgehead atoms. The molecule has 0 saturated carbocycles. The maximum Gasteiger partial charge on any atom is 0.228 e. The fraction of sp³-hybridized carbons (Fsp3) is 0.462. The largest absolute Gasteiger partial charge is 0.493 e. The SMILES string of the molecule is COc1cc(C)c(NC(=O)C(C)CCl)cc1OC. The number of aryl methyl sites for hydroxylation is 1. The van der Waals surface area contributed by atoms with Gasteiger partial charge in [-0.1, -0.05) is 6.92 Å². The van der Waals surface area contributed by atoms with Gasteiger partial charge in [0.05, 0.1) is 14.2 Å². The molecule has 0 aliphatic rings. The first-order valence-electron chi connectivity index (χ1n) is 5.63. The number of carbonyl (C=O) groups is 1. The van der Waals surface area contributed by atoms with Gasteiger partial charge in [-0.05, 0) is 18.6 Å². The molecule has 5 heteroatoms. The first kappa shape index (κ1) is 14.6. The van der Waals surface area contributed by atoms with Crippen molar-refractivity contribution >= 4 is 23.2 Å². The molecule has 1 amide bonds. The van der Waals surface area contributed by atoms with Gasteiger partial charge in [0.25, 0.3) is 0 Å². The summed E-state index contributed by atoms with van der Waals surface area (Å²) >= 11 is 5.65. The zero-order chi connectivity index (χ0) is 13.7. The van der Waals surface area contributed by atoms with Gasteiger partial charge in [-0.25, -0.2) is 0 Å². The van der Waals surface area contributed by atoms with E-state index in [4.69, 9.17) is 21.1 Å². The number of rotatable bonds is 5. The summed E-state index contributed by atoms with van der Waals surface area (Å²) in [5.74, 6) is 1.16. The van der Waals surface area contributed by atoms with Crippen LogP contribution in [0.4, 0.5) is 5.69 Å². The molecule has 1 unspecified atom stereocenters. The van der Waals surface area contributed by atoms with Crippen molar-refractivity contribution in [1.29, 1.82) is 0 Å². The molecule has 1 aromatic carbocycles. The third-order valence-electron chi connectivity index (χ3n) is 2.67. The minimum atomic E-state index is -0.237. The number of hydrogen-bond acceptors (Lipinski definition) is 3. The Labute approximate surface area is 112 Å². The van der Waals surface area contributed by atoms with Crippen LogP contribution in [0, 0.1) is 12.8 Å². The molecular formula is C13H18ClNO3. The van der Waals surface area contributed by atoms with Crippen LogP contribution < -0.4 is 14.8 Å². The zero-order valence-electron chi connectivity index (χ0n) is 11.0. The van der Waals surface area contributed by atoms with Crippen molar-refractivity contribution in [2.45, 2.75) is 13.8 Å². The van der Waals surface area contributed by atoms with E-state index < -0.39 is 0 Å². The molecule has 4 nitrogen and oxygen atoms in total. The number of anilines is 1. The molecule has 1 rings (SSSR count). The van der Waals surface area contributed by atoms with Crippen LogP contribution in [0.2, 0.25) is 0 Å². The van der Waals surface area contributed by atoms with Crippen LogP contribution in [0.3, 0.4) is 0 Å². The fourth-order valence-corrected chi connectivity index (χ4v) is 1.58. The molecule has 1 aromatic rings. The highest BCUT2D eigenvalue weighted by Crippen LogP contribution is 2.33. The fourth-order valence-electron chi connectivity index (χ4n) is 1.44. The Balaban J connectivity index is 2.99. The number of carbonyl (C=O) groups excluding carboxylic acids is 1. The molecule has 18 heavy (non-hydrogen) atoms. The smallest absolute Gasteiger partial charge is 0.228 e. The second-order valence-corrected chi connectivity index (χ2v) is 4.38. The van der Waals surface area contributed by atoms with Crippen LogP contribution >= 0.6 is 11.6 Å². The lowest BCUT2D eigenvalue weighted by Crippen LogP contribution is -2.21. The molecule has 0 fully saturated rings. The molecule has 0 heterocycles. The van der Waals surface area contributed by atoms with E-state index in [1.54, 1.807) is 27.2 Å². The quantitative estimate of drug-likeness (QED) is 0.838. The molecule has 0 aliphatic heterocycles. The highest BCUT2D eigenvalue weighted by Gasteiger charge is 2.15. The average molecular weight is 272 g/mol. The third-order valence-corrected chi connectivity index (χ3v) is 3.13. The van der Waals surface area contributed by atoms with Gasteiger partial charge in [0.15, 0.2) is 11.5 Å². The lowest BCUT2D eigenvalue weighted by Gasteiger charge is -2.15. The molecule has 100 valence electrons. The van der Waals surface area contributed by atoms with E-state index in [9.17, 15) is 4.79 Å². The van der Waals surface area contributed by atoms with Crippen LogP contribution in [0.25, 0.3) is 0 Å². The van der Waals surface area contributed by atoms with Gasteiger partial charge < -0.3 is 14.8 Å². The number of halogens is 1. The molecule has 0 aliphatic carbocycles. The summed E-state index contributed by atoms with van der Waals surface area (Å²) in [7, 11) is 3.13. The van der Waals surface area contributed by atoms with Gasteiger partial charge in [-0.2, -0.15) is 0 Å². The summed E-state index contributed by atoms with van der Waals surface area (Å²) in [6, 6.07) is 3.56. The second-order valence-electron chi connectivity index (χ2n) is 4.07. The summed E-state index contributed by atoms with van der Waals surface area (Å²) in [6.07, 6.45) is 0. The van der Waals surface area contributed by atoms with Gasteiger partial charge >= 0.3 is 0 Å². The minimum Gasteiger partial charge on any atom is -0.493 e. The molecule has 0 aromatic heterocycles. The minimum absolute atomic E-state index is 0.111. The van der Waals surface area contributed by atoms with Gasteiger partial charge in [-0.15, -0.1) is 11.6 Å². The normalized spacial score (nSPS) is 11.8. The third kappa shape index (κ3) is 3.29. The lowest BCUT2D eigenvalue weighted by molar-refractivity contribution is -0.118. The summed E-state index contributed by atoms with van der Waals surface area (Å²) in [5, 5.41) is 2.83. The van der Waals surface area contributed by atoms with Gasteiger partial charge in [-0.3, -0.25) is 4.79 Å². The van der Waals surface area contributed by atoms with E-state index >= 15 is 0 Å². The Morgan fingerprint density at radius 2 is 1.89 bits per heavy atom. The standard InChI is InChI=1S/C13H18ClNO3/c1-8-5-11(17-3)12(18-4)6-10(8)15-13(16)9(2)7-14/h5-6,9H,7H2,1-4H3,(H,15,16). The second kappa shape index (κ2) is 6.50. The molecule has 0 spiro atoms.